The molecule has 0 aliphatic rings. The molecular weight excluding hydrogens is 262 g/mol. The van der Waals surface area contributed by atoms with Crippen molar-refractivity contribution < 1.29 is 4.79 Å². The third kappa shape index (κ3) is 3.40. The van der Waals surface area contributed by atoms with E-state index in [1.54, 1.807) is 18.2 Å². The monoisotopic (exact) mass is 279 g/mol. The van der Waals surface area contributed by atoms with Crippen molar-refractivity contribution in [2.24, 2.45) is 0 Å². The molecule has 0 aliphatic heterocycles. The topological polar surface area (TPSA) is 70.1 Å². The van der Waals surface area contributed by atoms with Crippen LogP contribution in [-0.2, 0) is 6.54 Å². The van der Waals surface area contributed by atoms with E-state index in [0.717, 1.165) is 11.3 Å². The van der Waals surface area contributed by atoms with Crippen LogP contribution in [0.2, 0.25) is 0 Å². The van der Waals surface area contributed by atoms with E-state index in [4.69, 9.17) is 11.0 Å². The van der Waals surface area contributed by atoms with Crippen molar-refractivity contribution in [1.82, 2.24) is 0 Å². The van der Waals surface area contributed by atoms with E-state index in [1.807, 2.05) is 36.2 Å². The van der Waals surface area contributed by atoms with Gasteiger partial charge in [0.1, 0.15) is 0 Å². The van der Waals surface area contributed by atoms with E-state index in [1.165, 1.54) is 6.92 Å². The van der Waals surface area contributed by atoms with Crippen molar-refractivity contribution in [1.29, 1.82) is 5.26 Å². The lowest BCUT2D eigenvalue weighted by atomic mass is 10.1. The summed E-state index contributed by atoms with van der Waals surface area (Å²) in [6, 6.07) is 15.0. The van der Waals surface area contributed by atoms with Crippen LogP contribution in [0.3, 0.4) is 0 Å². The Morgan fingerprint density at radius 2 is 2.05 bits per heavy atom. The number of carbonyl (C=O) groups is 1. The highest BCUT2D eigenvalue weighted by Gasteiger charge is 2.09. The number of carbonyl (C=O) groups excluding carboxylic acids is 1. The molecule has 2 aromatic carbocycles. The number of hydrogen-bond acceptors (Lipinski definition) is 4. The van der Waals surface area contributed by atoms with Gasteiger partial charge < -0.3 is 10.6 Å². The first-order chi connectivity index (χ1) is 10.0. The Labute approximate surface area is 124 Å². The molecule has 0 unspecified atom stereocenters. The molecule has 0 radical (unpaired) electrons. The molecule has 2 rings (SSSR count). The molecule has 0 atom stereocenters. The molecule has 2 aromatic rings. The zero-order valence-corrected chi connectivity index (χ0v) is 12.1. The quantitative estimate of drug-likeness (QED) is 0.690. The van der Waals surface area contributed by atoms with Crippen LogP contribution in [0, 0.1) is 11.3 Å². The van der Waals surface area contributed by atoms with Gasteiger partial charge in [0.05, 0.1) is 11.6 Å². The van der Waals surface area contributed by atoms with Crippen molar-refractivity contribution in [2.75, 3.05) is 17.7 Å². The van der Waals surface area contributed by atoms with Gasteiger partial charge in [-0.3, -0.25) is 4.79 Å². The Balaban J connectivity index is 2.24. The first kappa shape index (κ1) is 14.6. The molecule has 0 spiro atoms. The minimum Gasteiger partial charge on any atom is -0.398 e. The lowest BCUT2D eigenvalue weighted by molar-refractivity contribution is 0.101. The summed E-state index contributed by atoms with van der Waals surface area (Å²) in [6.07, 6.45) is 0. The minimum absolute atomic E-state index is 0.0470. The molecule has 21 heavy (non-hydrogen) atoms. The van der Waals surface area contributed by atoms with Crippen LogP contribution in [0.5, 0.6) is 0 Å². The third-order valence-corrected chi connectivity index (χ3v) is 3.33. The highest BCUT2D eigenvalue weighted by Crippen LogP contribution is 2.22. The highest BCUT2D eigenvalue weighted by molar-refractivity contribution is 6.00. The Kier molecular flexibility index (Phi) is 4.24. The van der Waals surface area contributed by atoms with Crippen molar-refractivity contribution in [3.05, 3.63) is 59.2 Å². The summed E-state index contributed by atoms with van der Waals surface area (Å²) in [6.45, 7) is 2.16. The SMILES string of the molecule is CC(=O)c1cc(N(C)Cc2cccc(C#N)c2)ccc1N. The summed E-state index contributed by atoms with van der Waals surface area (Å²) < 4.78 is 0. The fourth-order valence-corrected chi connectivity index (χ4v) is 2.19. The first-order valence-electron chi connectivity index (χ1n) is 6.62. The number of rotatable bonds is 4. The summed E-state index contributed by atoms with van der Waals surface area (Å²) >= 11 is 0. The molecule has 0 heterocycles. The van der Waals surface area contributed by atoms with Gasteiger partial charge in [-0.1, -0.05) is 12.1 Å². The number of anilines is 2. The number of nitrogens with zero attached hydrogens (tertiary/aromatic N) is 2. The maximum absolute atomic E-state index is 11.5. The standard InChI is InChI=1S/C17H17N3O/c1-12(21)16-9-15(6-7-17(16)19)20(2)11-14-5-3-4-13(8-14)10-18/h3-9H,11,19H2,1-2H3. The second kappa shape index (κ2) is 6.10. The van der Waals surface area contributed by atoms with Gasteiger partial charge in [-0.05, 0) is 42.8 Å². The molecule has 0 saturated carbocycles. The average molecular weight is 279 g/mol. The van der Waals surface area contributed by atoms with Gasteiger partial charge in [0.25, 0.3) is 0 Å². The molecule has 2 N–H and O–H groups in total. The van der Waals surface area contributed by atoms with Gasteiger partial charge in [0.2, 0.25) is 0 Å². The van der Waals surface area contributed by atoms with Gasteiger partial charge in [-0.25, -0.2) is 0 Å². The van der Waals surface area contributed by atoms with Crippen molar-refractivity contribution in [3.63, 3.8) is 0 Å². The third-order valence-electron chi connectivity index (χ3n) is 3.33. The Hall–Kier alpha value is -2.80. The Morgan fingerprint density at radius 1 is 1.29 bits per heavy atom. The highest BCUT2D eigenvalue weighted by atomic mass is 16.1. The van der Waals surface area contributed by atoms with E-state index >= 15 is 0 Å². The zero-order valence-electron chi connectivity index (χ0n) is 12.1. The number of Topliss-reactive ketones (excluding diaryl/α,β-unsaturated/α-hetero) is 1. The molecule has 106 valence electrons. The fraction of sp³-hybridized carbons (Fsp3) is 0.176. The van der Waals surface area contributed by atoms with E-state index in [9.17, 15) is 4.79 Å². The summed E-state index contributed by atoms with van der Waals surface area (Å²) in [4.78, 5) is 13.6. The number of nitrogens with two attached hydrogens (primary N) is 1. The van der Waals surface area contributed by atoms with E-state index < -0.39 is 0 Å². The molecule has 0 saturated heterocycles. The van der Waals surface area contributed by atoms with Gasteiger partial charge in [0, 0.05) is 30.5 Å². The van der Waals surface area contributed by atoms with Crippen molar-refractivity contribution in [2.45, 2.75) is 13.5 Å². The van der Waals surface area contributed by atoms with Gasteiger partial charge in [0.15, 0.2) is 5.78 Å². The van der Waals surface area contributed by atoms with Gasteiger partial charge in [-0.15, -0.1) is 0 Å². The van der Waals surface area contributed by atoms with Crippen LogP contribution in [-0.4, -0.2) is 12.8 Å². The summed E-state index contributed by atoms with van der Waals surface area (Å²) in [5.74, 6) is -0.0470. The van der Waals surface area contributed by atoms with Crippen LogP contribution in [0.15, 0.2) is 42.5 Å². The average Bonchev–Trinajstić information content (AvgIpc) is 2.47. The molecule has 4 heteroatoms. The van der Waals surface area contributed by atoms with Crippen molar-refractivity contribution in [3.8, 4) is 6.07 Å². The molecule has 4 nitrogen and oxygen atoms in total. The van der Waals surface area contributed by atoms with Gasteiger partial charge in [-0.2, -0.15) is 5.26 Å². The van der Waals surface area contributed by atoms with Crippen LogP contribution in [0.1, 0.15) is 28.4 Å². The number of hydrogen-bond donors (Lipinski definition) is 1. The second-order valence-electron chi connectivity index (χ2n) is 5.00. The largest absolute Gasteiger partial charge is 0.398 e. The van der Waals surface area contributed by atoms with Gasteiger partial charge >= 0.3 is 0 Å². The molecule has 0 amide bonds. The predicted molar refractivity (Wildman–Crippen MR) is 84.1 cm³/mol. The lowest BCUT2D eigenvalue weighted by Crippen LogP contribution is -2.17. The maximum atomic E-state index is 11.5. The van der Waals surface area contributed by atoms with Crippen LogP contribution in [0.4, 0.5) is 11.4 Å². The molecule has 0 aromatic heterocycles. The zero-order chi connectivity index (χ0) is 15.4. The van der Waals surface area contributed by atoms with Crippen LogP contribution >= 0.6 is 0 Å². The number of nitriles is 1. The number of benzene rings is 2. The summed E-state index contributed by atoms with van der Waals surface area (Å²) in [5, 5.41) is 8.93. The molecular formula is C17H17N3O. The number of nitrogen functional groups attached to an aromatic ring is 1. The molecule has 0 fully saturated rings. The first-order valence-corrected chi connectivity index (χ1v) is 6.62. The van der Waals surface area contributed by atoms with Crippen LogP contribution in [0.25, 0.3) is 0 Å². The van der Waals surface area contributed by atoms with E-state index in [-0.39, 0.29) is 5.78 Å². The van der Waals surface area contributed by atoms with Crippen molar-refractivity contribution >= 4 is 17.2 Å². The molecule has 0 bridgehead atoms. The lowest BCUT2D eigenvalue weighted by Gasteiger charge is -2.20. The van der Waals surface area contributed by atoms with Crippen LogP contribution < -0.4 is 10.6 Å². The summed E-state index contributed by atoms with van der Waals surface area (Å²) in [7, 11) is 1.94. The summed E-state index contributed by atoms with van der Waals surface area (Å²) in [5.41, 5.74) is 9.42. The number of ketones is 1. The Bertz CT molecular complexity index is 716. The smallest absolute Gasteiger partial charge is 0.161 e. The predicted octanol–water partition coefficient (Wildman–Crippen LogP) is 2.98. The second-order valence-corrected chi connectivity index (χ2v) is 5.00. The fourth-order valence-electron chi connectivity index (χ4n) is 2.19. The Morgan fingerprint density at radius 3 is 2.71 bits per heavy atom. The normalized spacial score (nSPS) is 9.95. The molecule has 0 aliphatic carbocycles. The van der Waals surface area contributed by atoms with E-state index in [0.29, 0.717) is 23.4 Å². The maximum Gasteiger partial charge on any atom is 0.161 e. The van der Waals surface area contributed by atoms with E-state index in [2.05, 4.69) is 6.07 Å². The minimum atomic E-state index is -0.0470.